The number of anilines is 1. The number of hydrogen-bond acceptors (Lipinski definition) is 6. The monoisotopic (exact) mass is 497 g/mol. The molecule has 11 heteroatoms. The number of carbonyl (C=O) groups is 4. The molecule has 0 bridgehead atoms. The van der Waals surface area contributed by atoms with Gasteiger partial charge in [0.15, 0.2) is 6.61 Å². The molecule has 4 amide bonds. The summed E-state index contributed by atoms with van der Waals surface area (Å²) in [7, 11) is 0. The standard InChI is InChI=1S/C23H29F2N3O5S/c1-22(2,3)14-8-10-23(11-9-14)19(31)28(21(32)27-23)12-18(30)33-13-17(29)26-15-6-4-5-7-16(15)34-20(24)25/h4-7,14,20H,8-13H2,1-3H3,(H,26,29)(H,27,32). The summed E-state index contributed by atoms with van der Waals surface area (Å²) in [5, 5.41) is 5.17. The smallest absolute Gasteiger partial charge is 0.326 e. The maximum atomic E-state index is 13.0. The first-order valence-corrected chi connectivity index (χ1v) is 11.9. The van der Waals surface area contributed by atoms with E-state index in [1.807, 2.05) is 0 Å². The van der Waals surface area contributed by atoms with Gasteiger partial charge in [-0.1, -0.05) is 44.7 Å². The first kappa shape index (κ1) is 25.9. The Morgan fingerprint density at radius 3 is 2.50 bits per heavy atom. The lowest BCUT2D eigenvalue weighted by Crippen LogP contribution is -2.50. The van der Waals surface area contributed by atoms with Gasteiger partial charge >= 0.3 is 12.0 Å². The van der Waals surface area contributed by atoms with E-state index in [0.717, 1.165) is 17.7 Å². The largest absolute Gasteiger partial charge is 0.454 e. The van der Waals surface area contributed by atoms with Gasteiger partial charge in [0.25, 0.3) is 17.6 Å². The second kappa shape index (κ2) is 10.3. The molecule has 1 aromatic rings. The zero-order valence-corrected chi connectivity index (χ0v) is 20.2. The van der Waals surface area contributed by atoms with E-state index in [4.69, 9.17) is 4.74 Å². The summed E-state index contributed by atoms with van der Waals surface area (Å²) in [5.74, 6) is -4.33. The van der Waals surface area contributed by atoms with E-state index < -0.39 is 48.3 Å². The van der Waals surface area contributed by atoms with Crippen LogP contribution in [0.2, 0.25) is 0 Å². The Bertz CT molecular complexity index is 958. The van der Waals surface area contributed by atoms with E-state index in [9.17, 15) is 28.0 Å². The molecular formula is C23H29F2N3O5S. The third-order valence-corrected chi connectivity index (χ3v) is 7.13. The SMILES string of the molecule is CC(C)(C)C1CCC2(CC1)NC(=O)N(CC(=O)OCC(=O)Nc1ccccc1SC(F)F)C2=O. The van der Waals surface area contributed by atoms with Gasteiger partial charge < -0.3 is 15.4 Å². The van der Waals surface area contributed by atoms with Gasteiger partial charge in [-0.3, -0.25) is 19.3 Å². The molecule has 1 spiro atoms. The number of alkyl halides is 2. The van der Waals surface area contributed by atoms with E-state index in [2.05, 4.69) is 31.4 Å². The van der Waals surface area contributed by atoms with Gasteiger partial charge in [-0.05, 0) is 49.1 Å². The molecule has 1 aromatic carbocycles. The van der Waals surface area contributed by atoms with Gasteiger partial charge in [-0.15, -0.1) is 0 Å². The van der Waals surface area contributed by atoms with Gasteiger partial charge in [0.05, 0.1) is 5.69 Å². The van der Waals surface area contributed by atoms with Crippen molar-refractivity contribution in [2.75, 3.05) is 18.5 Å². The molecule has 0 aromatic heterocycles. The minimum absolute atomic E-state index is 0.107. The second-order valence-corrected chi connectivity index (χ2v) is 10.7. The average Bonchev–Trinajstić information content (AvgIpc) is 2.97. The molecule has 1 aliphatic carbocycles. The van der Waals surface area contributed by atoms with Crippen molar-refractivity contribution in [2.45, 2.75) is 62.6 Å². The molecule has 1 heterocycles. The highest BCUT2D eigenvalue weighted by molar-refractivity contribution is 7.99. The number of halogens is 2. The number of ether oxygens (including phenoxy) is 1. The molecule has 1 saturated carbocycles. The Morgan fingerprint density at radius 1 is 1.24 bits per heavy atom. The van der Waals surface area contributed by atoms with E-state index in [1.165, 1.54) is 12.1 Å². The predicted octanol–water partition coefficient (Wildman–Crippen LogP) is 4.01. The van der Waals surface area contributed by atoms with Crippen LogP contribution < -0.4 is 10.6 Å². The van der Waals surface area contributed by atoms with Crippen LogP contribution in [0.25, 0.3) is 0 Å². The minimum atomic E-state index is -2.66. The average molecular weight is 498 g/mol. The molecule has 186 valence electrons. The number of para-hydroxylation sites is 1. The fourth-order valence-electron chi connectivity index (χ4n) is 4.41. The Kier molecular flexibility index (Phi) is 7.84. The van der Waals surface area contributed by atoms with Crippen LogP contribution in [0, 0.1) is 11.3 Å². The number of carbonyl (C=O) groups excluding carboxylic acids is 4. The molecule has 8 nitrogen and oxygen atoms in total. The number of benzene rings is 1. The summed E-state index contributed by atoms with van der Waals surface area (Å²) in [6.07, 6.45) is 2.59. The zero-order valence-electron chi connectivity index (χ0n) is 19.4. The molecule has 2 fully saturated rings. The van der Waals surface area contributed by atoms with Crippen molar-refractivity contribution in [3.63, 3.8) is 0 Å². The van der Waals surface area contributed by atoms with Crippen molar-refractivity contribution in [1.82, 2.24) is 10.2 Å². The van der Waals surface area contributed by atoms with Crippen molar-refractivity contribution >= 4 is 41.3 Å². The van der Waals surface area contributed by atoms with Crippen LogP contribution in [-0.4, -0.2) is 53.2 Å². The topological polar surface area (TPSA) is 105 Å². The van der Waals surface area contributed by atoms with Crippen LogP contribution in [0.5, 0.6) is 0 Å². The lowest BCUT2D eigenvalue weighted by molar-refractivity contribution is -0.150. The molecule has 0 atom stereocenters. The van der Waals surface area contributed by atoms with Crippen molar-refractivity contribution in [3.8, 4) is 0 Å². The Labute approximate surface area is 201 Å². The van der Waals surface area contributed by atoms with Crippen LogP contribution in [0.4, 0.5) is 19.3 Å². The molecule has 1 aliphatic heterocycles. The van der Waals surface area contributed by atoms with Crippen molar-refractivity contribution in [2.24, 2.45) is 11.3 Å². The fourth-order valence-corrected chi connectivity index (χ4v) is 5.01. The lowest BCUT2D eigenvalue weighted by Gasteiger charge is -2.40. The lowest BCUT2D eigenvalue weighted by atomic mass is 9.67. The first-order chi connectivity index (χ1) is 15.9. The Morgan fingerprint density at radius 2 is 1.88 bits per heavy atom. The van der Waals surface area contributed by atoms with Crippen LogP contribution >= 0.6 is 11.8 Å². The third kappa shape index (κ3) is 6.05. The van der Waals surface area contributed by atoms with Gasteiger partial charge in [-0.2, -0.15) is 8.78 Å². The van der Waals surface area contributed by atoms with Crippen molar-refractivity contribution < 1.29 is 32.7 Å². The number of urea groups is 1. The summed E-state index contributed by atoms with van der Waals surface area (Å²) in [6.45, 7) is 5.16. The zero-order chi connectivity index (χ0) is 25.1. The maximum absolute atomic E-state index is 13.0. The van der Waals surface area contributed by atoms with Gasteiger partial charge in [0, 0.05) is 4.90 Å². The first-order valence-electron chi connectivity index (χ1n) is 11.0. The van der Waals surface area contributed by atoms with E-state index in [-0.39, 0.29) is 27.8 Å². The Hall–Kier alpha value is -2.69. The predicted molar refractivity (Wildman–Crippen MR) is 122 cm³/mol. The number of nitrogens with one attached hydrogen (secondary N) is 2. The molecule has 0 radical (unpaired) electrons. The molecule has 34 heavy (non-hydrogen) atoms. The number of hydrogen-bond donors (Lipinski definition) is 2. The maximum Gasteiger partial charge on any atom is 0.326 e. The number of amides is 4. The second-order valence-electron chi connectivity index (χ2n) is 9.63. The summed E-state index contributed by atoms with van der Waals surface area (Å²) in [4.78, 5) is 50.8. The third-order valence-electron chi connectivity index (χ3n) is 6.34. The van der Waals surface area contributed by atoms with Crippen LogP contribution in [0.1, 0.15) is 46.5 Å². The van der Waals surface area contributed by atoms with Gasteiger partial charge in [0.2, 0.25) is 0 Å². The quantitative estimate of drug-likeness (QED) is 0.335. The summed E-state index contributed by atoms with van der Waals surface area (Å²) in [5.41, 5.74) is -0.728. The normalized spacial score (nSPS) is 22.8. The Balaban J connectivity index is 1.51. The molecular weight excluding hydrogens is 468 g/mol. The van der Waals surface area contributed by atoms with E-state index in [1.54, 1.807) is 12.1 Å². The molecule has 3 rings (SSSR count). The van der Waals surface area contributed by atoms with E-state index in [0.29, 0.717) is 18.8 Å². The highest BCUT2D eigenvalue weighted by atomic mass is 32.2. The summed E-state index contributed by atoms with van der Waals surface area (Å²) < 4.78 is 30.3. The molecule has 2 N–H and O–H groups in total. The highest BCUT2D eigenvalue weighted by Crippen LogP contribution is 2.43. The number of rotatable bonds is 7. The van der Waals surface area contributed by atoms with Crippen LogP contribution in [-0.2, 0) is 19.1 Å². The number of nitrogens with zero attached hydrogens (tertiary/aromatic N) is 1. The summed E-state index contributed by atoms with van der Waals surface area (Å²) >= 11 is 0.281. The van der Waals surface area contributed by atoms with Gasteiger partial charge in [-0.25, -0.2) is 4.79 Å². The van der Waals surface area contributed by atoms with Crippen molar-refractivity contribution in [1.29, 1.82) is 0 Å². The number of imide groups is 1. The molecule has 2 aliphatic rings. The minimum Gasteiger partial charge on any atom is -0.454 e. The summed E-state index contributed by atoms with van der Waals surface area (Å²) in [6, 6.07) is 5.35. The van der Waals surface area contributed by atoms with Crippen LogP contribution in [0.3, 0.4) is 0 Å². The number of esters is 1. The fraction of sp³-hybridized carbons (Fsp3) is 0.565. The van der Waals surface area contributed by atoms with Gasteiger partial charge in [0.1, 0.15) is 12.1 Å². The highest BCUT2D eigenvalue weighted by Gasteiger charge is 2.53. The molecule has 1 saturated heterocycles. The number of thioether (sulfide) groups is 1. The van der Waals surface area contributed by atoms with E-state index >= 15 is 0 Å². The van der Waals surface area contributed by atoms with Crippen molar-refractivity contribution in [3.05, 3.63) is 24.3 Å². The molecule has 0 unspecified atom stereocenters. The van der Waals surface area contributed by atoms with Crippen LogP contribution in [0.15, 0.2) is 29.2 Å².